The Labute approximate surface area is 87.9 Å². The second-order valence-electron chi connectivity index (χ2n) is 6.19. The maximum Gasteiger partial charge on any atom is 0.0673 e. The molecule has 0 aromatic rings. The fourth-order valence-corrected chi connectivity index (χ4v) is 3.69. The summed E-state index contributed by atoms with van der Waals surface area (Å²) in [4.78, 5) is 0. The lowest BCUT2D eigenvalue weighted by Gasteiger charge is -2.54. The van der Waals surface area contributed by atoms with Gasteiger partial charge in [-0.3, -0.25) is 0 Å². The molecule has 1 heteroatoms. The number of hydrogen-bond donors (Lipinski definition) is 1. The lowest BCUT2D eigenvalue weighted by molar-refractivity contribution is -0.142. The van der Waals surface area contributed by atoms with Crippen LogP contribution in [0, 0.1) is 17.3 Å². The van der Waals surface area contributed by atoms with Crippen molar-refractivity contribution in [1.82, 2.24) is 0 Å². The number of aliphatic hydroxyl groups is 1. The molecule has 0 saturated heterocycles. The van der Waals surface area contributed by atoms with Crippen molar-refractivity contribution in [2.45, 2.75) is 64.9 Å². The number of rotatable bonds is 0. The molecule has 2 aliphatic rings. The molecule has 0 aromatic carbocycles. The van der Waals surface area contributed by atoms with Crippen LogP contribution in [0.15, 0.2) is 0 Å². The Kier molecular flexibility index (Phi) is 2.42. The SMILES string of the molecule is CC1(O)CCC2CCCCC2C1(C)C. The predicted octanol–water partition coefficient (Wildman–Crippen LogP) is 3.36. The van der Waals surface area contributed by atoms with E-state index in [0.29, 0.717) is 0 Å². The van der Waals surface area contributed by atoms with Crippen molar-refractivity contribution in [2.24, 2.45) is 17.3 Å². The van der Waals surface area contributed by atoms with Crippen molar-refractivity contribution >= 4 is 0 Å². The molecule has 3 unspecified atom stereocenters. The fraction of sp³-hybridized carbons (Fsp3) is 1.00. The van der Waals surface area contributed by atoms with Crippen LogP contribution >= 0.6 is 0 Å². The van der Waals surface area contributed by atoms with Gasteiger partial charge in [0.2, 0.25) is 0 Å². The van der Waals surface area contributed by atoms with Crippen LogP contribution in [0.2, 0.25) is 0 Å². The van der Waals surface area contributed by atoms with Gasteiger partial charge in [0.05, 0.1) is 5.60 Å². The van der Waals surface area contributed by atoms with Crippen molar-refractivity contribution < 1.29 is 5.11 Å². The topological polar surface area (TPSA) is 20.2 Å². The van der Waals surface area contributed by atoms with Gasteiger partial charge in [0.1, 0.15) is 0 Å². The van der Waals surface area contributed by atoms with Crippen molar-refractivity contribution in [3.05, 3.63) is 0 Å². The van der Waals surface area contributed by atoms with E-state index in [9.17, 15) is 5.11 Å². The molecule has 2 rings (SSSR count). The normalized spacial score (nSPS) is 47.1. The summed E-state index contributed by atoms with van der Waals surface area (Å²) in [7, 11) is 0. The zero-order chi connectivity index (χ0) is 10.4. The molecule has 0 aliphatic heterocycles. The first-order chi connectivity index (χ1) is 6.45. The summed E-state index contributed by atoms with van der Waals surface area (Å²) >= 11 is 0. The third-order valence-corrected chi connectivity index (χ3v) is 5.23. The van der Waals surface area contributed by atoms with E-state index in [0.717, 1.165) is 18.3 Å². The minimum atomic E-state index is -0.439. The third-order valence-electron chi connectivity index (χ3n) is 5.23. The Hall–Kier alpha value is -0.0400. The second-order valence-corrected chi connectivity index (χ2v) is 6.19. The summed E-state index contributed by atoms with van der Waals surface area (Å²) in [5.74, 6) is 1.67. The van der Waals surface area contributed by atoms with Crippen LogP contribution < -0.4 is 0 Å². The highest BCUT2D eigenvalue weighted by atomic mass is 16.3. The van der Waals surface area contributed by atoms with Crippen molar-refractivity contribution in [3.8, 4) is 0 Å². The standard InChI is InChI=1S/C13H24O/c1-12(2)11-7-5-4-6-10(11)8-9-13(12,3)14/h10-11,14H,4-9H2,1-3H3. The molecule has 0 spiro atoms. The first-order valence-corrected chi connectivity index (χ1v) is 6.17. The number of fused-ring (bicyclic) bond motifs is 1. The highest BCUT2D eigenvalue weighted by Crippen LogP contribution is 2.54. The van der Waals surface area contributed by atoms with E-state index in [1.54, 1.807) is 0 Å². The first kappa shape index (κ1) is 10.5. The average Bonchev–Trinajstić information content (AvgIpc) is 2.13. The second kappa shape index (κ2) is 3.23. The molecule has 0 radical (unpaired) electrons. The summed E-state index contributed by atoms with van der Waals surface area (Å²) in [5, 5.41) is 10.4. The van der Waals surface area contributed by atoms with E-state index < -0.39 is 5.60 Å². The highest BCUT2D eigenvalue weighted by Gasteiger charge is 2.51. The fourth-order valence-electron chi connectivity index (χ4n) is 3.69. The molecule has 0 heterocycles. The quantitative estimate of drug-likeness (QED) is 0.630. The van der Waals surface area contributed by atoms with Crippen LogP contribution in [0.5, 0.6) is 0 Å². The molecule has 1 N–H and O–H groups in total. The molecule has 0 amide bonds. The van der Waals surface area contributed by atoms with Crippen molar-refractivity contribution in [3.63, 3.8) is 0 Å². The molecule has 14 heavy (non-hydrogen) atoms. The Morgan fingerprint density at radius 2 is 1.64 bits per heavy atom. The minimum Gasteiger partial charge on any atom is -0.390 e. The van der Waals surface area contributed by atoms with Crippen LogP contribution in [0.3, 0.4) is 0 Å². The lowest BCUT2D eigenvalue weighted by atomic mass is 9.53. The molecule has 2 saturated carbocycles. The van der Waals surface area contributed by atoms with Gasteiger partial charge >= 0.3 is 0 Å². The van der Waals surface area contributed by atoms with Gasteiger partial charge in [-0.05, 0) is 43.4 Å². The lowest BCUT2D eigenvalue weighted by Crippen LogP contribution is -2.53. The molecule has 2 fully saturated rings. The van der Waals surface area contributed by atoms with Gasteiger partial charge in [0.25, 0.3) is 0 Å². The van der Waals surface area contributed by atoms with E-state index in [-0.39, 0.29) is 5.41 Å². The zero-order valence-electron chi connectivity index (χ0n) is 9.84. The minimum absolute atomic E-state index is 0.121. The van der Waals surface area contributed by atoms with Gasteiger partial charge in [0.15, 0.2) is 0 Å². The third kappa shape index (κ3) is 1.41. The maximum atomic E-state index is 10.4. The maximum absolute atomic E-state index is 10.4. The number of hydrogen-bond acceptors (Lipinski definition) is 1. The molecule has 0 aromatic heterocycles. The predicted molar refractivity (Wildman–Crippen MR) is 59.1 cm³/mol. The van der Waals surface area contributed by atoms with E-state index in [1.807, 2.05) is 6.92 Å². The molecule has 2 aliphatic carbocycles. The van der Waals surface area contributed by atoms with Gasteiger partial charge in [-0.15, -0.1) is 0 Å². The van der Waals surface area contributed by atoms with Gasteiger partial charge in [-0.1, -0.05) is 33.1 Å². The van der Waals surface area contributed by atoms with Gasteiger partial charge in [-0.25, -0.2) is 0 Å². The molecular formula is C13H24O. The van der Waals surface area contributed by atoms with Crippen LogP contribution in [0.1, 0.15) is 59.3 Å². The average molecular weight is 196 g/mol. The van der Waals surface area contributed by atoms with Crippen LogP contribution in [-0.4, -0.2) is 10.7 Å². The molecule has 82 valence electrons. The molecule has 0 bridgehead atoms. The van der Waals surface area contributed by atoms with Gasteiger partial charge < -0.3 is 5.11 Å². The van der Waals surface area contributed by atoms with Gasteiger partial charge in [-0.2, -0.15) is 0 Å². The molecule has 3 atom stereocenters. The van der Waals surface area contributed by atoms with E-state index >= 15 is 0 Å². The largest absolute Gasteiger partial charge is 0.390 e. The Bertz CT molecular complexity index is 217. The van der Waals surface area contributed by atoms with Gasteiger partial charge in [0, 0.05) is 0 Å². The zero-order valence-corrected chi connectivity index (χ0v) is 9.84. The Morgan fingerprint density at radius 3 is 2.36 bits per heavy atom. The summed E-state index contributed by atoms with van der Waals surface area (Å²) in [6.45, 7) is 6.59. The van der Waals surface area contributed by atoms with Crippen LogP contribution in [-0.2, 0) is 0 Å². The van der Waals surface area contributed by atoms with Crippen LogP contribution in [0.4, 0.5) is 0 Å². The van der Waals surface area contributed by atoms with E-state index in [1.165, 1.54) is 32.1 Å². The monoisotopic (exact) mass is 196 g/mol. The molecule has 1 nitrogen and oxygen atoms in total. The van der Waals surface area contributed by atoms with E-state index in [4.69, 9.17) is 0 Å². The first-order valence-electron chi connectivity index (χ1n) is 6.17. The smallest absolute Gasteiger partial charge is 0.0673 e. The van der Waals surface area contributed by atoms with Crippen molar-refractivity contribution in [1.29, 1.82) is 0 Å². The summed E-state index contributed by atoms with van der Waals surface area (Å²) in [5.41, 5.74) is -0.318. The highest BCUT2D eigenvalue weighted by molar-refractivity contribution is 5.01. The summed E-state index contributed by atoms with van der Waals surface area (Å²) < 4.78 is 0. The summed E-state index contributed by atoms with van der Waals surface area (Å²) in [6, 6.07) is 0. The van der Waals surface area contributed by atoms with E-state index in [2.05, 4.69) is 13.8 Å². The van der Waals surface area contributed by atoms with Crippen molar-refractivity contribution in [2.75, 3.05) is 0 Å². The molecular weight excluding hydrogens is 172 g/mol. The van der Waals surface area contributed by atoms with Crippen LogP contribution in [0.25, 0.3) is 0 Å². The Morgan fingerprint density at radius 1 is 1.00 bits per heavy atom. The summed E-state index contributed by atoms with van der Waals surface area (Å²) in [6.07, 6.45) is 7.79. The Balaban J connectivity index is 2.22.